The van der Waals surface area contributed by atoms with Crippen molar-refractivity contribution in [3.8, 4) is 11.5 Å². The Hall–Kier alpha value is -2.40. The number of ether oxygens (including phenoxy) is 1. The average Bonchev–Trinajstić information content (AvgIpc) is 2.60. The number of aryl methyl sites for hydroxylation is 1. The third-order valence-electron chi connectivity index (χ3n) is 4.92. The first-order chi connectivity index (χ1) is 12.0. The van der Waals surface area contributed by atoms with Gasteiger partial charge in [-0.15, -0.1) is 0 Å². The van der Waals surface area contributed by atoms with Crippen molar-refractivity contribution in [2.24, 2.45) is 5.92 Å². The molecule has 1 aromatic heterocycles. The fourth-order valence-electron chi connectivity index (χ4n) is 3.46. The minimum Gasteiger partial charge on any atom is -0.481 e. The second-order valence-corrected chi connectivity index (χ2v) is 6.69. The van der Waals surface area contributed by atoms with Crippen molar-refractivity contribution in [3.05, 3.63) is 53.9 Å². The molecule has 0 radical (unpaired) electrons. The highest BCUT2D eigenvalue weighted by Crippen LogP contribution is 2.28. The van der Waals surface area contributed by atoms with E-state index >= 15 is 0 Å². The van der Waals surface area contributed by atoms with Gasteiger partial charge in [0.05, 0.1) is 12.1 Å². The molecule has 1 N–H and O–H groups in total. The van der Waals surface area contributed by atoms with Gasteiger partial charge in [0.15, 0.2) is 0 Å². The predicted molar refractivity (Wildman–Crippen MR) is 95.7 cm³/mol. The molecule has 1 aromatic carbocycles. The summed E-state index contributed by atoms with van der Waals surface area (Å²) in [5, 5.41) is 9.36. The Morgan fingerprint density at radius 3 is 2.92 bits per heavy atom. The van der Waals surface area contributed by atoms with Crippen molar-refractivity contribution in [2.45, 2.75) is 39.3 Å². The molecule has 5 nitrogen and oxygen atoms in total. The second kappa shape index (κ2) is 7.66. The number of nitrogens with zero attached hydrogens (tertiary/aromatic N) is 2. The molecule has 2 heterocycles. The number of pyridine rings is 1. The molecule has 1 aliphatic heterocycles. The quantitative estimate of drug-likeness (QED) is 0.895. The topological polar surface area (TPSA) is 62.7 Å². The summed E-state index contributed by atoms with van der Waals surface area (Å²) in [4.78, 5) is 17.7. The van der Waals surface area contributed by atoms with Crippen molar-refractivity contribution in [2.75, 3.05) is 6.54 Å². The Bertz CT molecular complexity index is 733. The van der Waals surface area contributed by atoms with Crippen molar-refractivity contribution in [1.29, 1.82) is 0 Å². The van der Waals surface area contributed by atoms with Gasteiger partial charge in [-0.2, -0.15) is 0 Å². The molecule has 0 unspecified atom stereocenters. The Morgan fingerprint density at radius 2 is 2.24 bits per heavy atom. The number of carbonyl (C=O) groups is 1. The van der Waals surface area contributed by atoms with Crippen LogP contribution in [0.2, 0.25) is 0 Å². The molecule has 0 bridgehead atoms. The minimum absolute atomic E-state index is 0.0536. The highest BCUT2D eigenvalue weighted by Gasteiger charge is 2.32. The third kappa shape index (κ3) is 4.17. The smallest absolute Gasteiger partial charge is 0.308 e. The molecular formula is C20H24N2O3. The van der Waals surface area contributed by atoms with Crippen LogP contribution in [0.25, 0.3) is 0 Å². The number of carboxylic acid groups (broad SMARTS) is 1. The van der Waals surface area contributed by atoms with Crippen LogP contribution >= 0.6 is 0 Å². The molecule has 0 amide bonds. The SMILES string of the molecule is Cc1cc(CN2CCC[C@@H](C(=O)O)[C@H]2C)ccc1Oc1cccnc1. The first-order valence-electron chi connectivity index (χ1n) is 8.69. The maximum absolute atomic E-state index is 11.4. The normalized spacial score (nSPS) is 21.0. The molecular weight excluding hydrogens is 316 g/mol. The number of hydrogen-bond donors (Lipinski definition) is 1. The molecule has 0 aliphatic carbocycles. The number of aliphatic carboxylic acids is 1. The summed E-state index contributed by atoms with van der Waals surface area (Å²) in [5.41, 5.74) is 2.23. The van der Waals surface area contributed by atoms with Crippen molar-refractivity contribution in [1.82, 2.24) is 9.88 Å². The van der Waals surface area contributed by atoms with Crippen LogP contribution in [0, 0.1) is 12.8 Å². The van der Waals surface area contributed by atoms with E-state index in [2.05, 4.69) is 22.0 Å². The van der Waals surface area contributed by atoms with Gasteiger partial charge >= 0.3 is 5.97 Å². The zero-order valence-corrected chi connectivity index (χ0v) is 14.7. The van der Waals surface area contributed by atoms with Gasteiger partial charge in [0, 0.05) is 18.8 Å². The molecule has 25 heavy (non-hydrogen) atoms. The summed E-state index contributed by atoms with van der Waals surface area (Å²) in [5.74, 6) is 0.566. The van der Waals surface area contributed by atoms with Gasteiger partial charge in [-0.1, -0.05) is 12.1 Å². The van der Waals surface area contributed by atoms with E-state index in [0.29, 0.717) is 5.75 Å². The number of aromatic nitrogens is 1. The summed E-state index contributed by atoms with van der Waals surface area (Å²) in [6.07, 6.45) is 5.11. The average molecular weight is 340 g/mol. The van der Waals surface area contributed by atoms with Crippen LogP contribution in [0.1, 0.15) is 30.9 Å². The van der Waals surface area contributed by atoms with Gasteiger partial charge in [0.1, 0.15) is 11.5 Å². The molecule has 0 saturated carbocycles. The van der Waals surface area contributed by atoms with E-state index < -0.39 is 5.97 Å². The number of hydrogen-bond acceptors (Lipinski definition) is 4. The first kappa shape index (κ1) is 17.4. The Labute approximate surface area is 148 Å². The van der Waals surface area contributed by atoms with Crippen molar-refractivity contribution < 1.29 is 14.6 Å². The molecule has 1 aliphatic rings. The van der Waals surface area contributed by atoms with Crippen molar-refractivity contribution in [3.63, 3.8) is 0 Å². The predicted octanol–water partition coefficient (Wildman–Crippen LogP) is 3.87. The third-order valence-corrected chi connectivity index (χ3v) is 4.92. The molecule has 3 rings (SSSR count). The van der Waals surface area contributed by atoms with Gasteiger partial charge in [-0.3, -0.25) is 14.7 Å². The maximum Gasteiger partial charge on any atom is 0.308 e. The van der Waals surface area contributed by atoms with E-state index in [4.69, 9.17) is 4.74 Å². The Morgan fingerprint density at radius 1 is 1.40 bits per heavy atom. The van der Waals surface area contributed by atoms with Crippen LogP contribution in [0.15, 0.2) is 42.7 Å². The zero-order chi connectivity index (χ0) is 17.8. The largest absolute Gasteiger partial charge is 0.481 e. The fourth-order valence-corrected chi connectivity index (χ4v) is 3.46. The first-order valence-corrected chi connectivity index (χ1v) is 8.69. The van der Waals surface area contributed by atoms with Gasteiger partial charge in [0.2, 0.25) is 0 Å². The monoisotopic (exact) mass is 340 g/mol. The Kier molecular flexibility index (Phi) is 5.34. The molecule has 5 heteroatoms. The van der Waals surface area contributed by atoms with Crippen LogP contribution in [-0.2, 0) is 11.3 Å². The van der Waals surface area contributed by atoms with E-state index in [9.17, 15) is 9.90 Å². The van der Waals surface area contributed by atoms with Gasteiger partial charge in [-0.25, -0.2) is 0 Å². The molecule has 2 atom stereocenters. The van der Waals surface area contributed by atoms with E-state index in [1.165, 1.54) is 5.56 Å². The summed E-state index contributed by atoms with van der Waals surface area (Å²) in [6, 6.07) is 9.91. The summed E-state index contributed by atoms with van der Waals surface area (Å²) in [7, 11) is 0. The minimum atomic E-state index is -0.686. The lowest BCUT2D eigenvalue weighted by atomic mass is 9.90. The molecule has 132 valence electrons. The van der Waals surface area contributed by atoms with Gasteiger partial charge < -0.3 is 9.84 Å². The number of likely N-dealkylation sites (tertiary alicyclic amines) is 1. The fraction of sp³-hybridized carbons (Fsp3) is 0.400. The lowest BCUT2D eigenvalue weighted by molar-refractivity contribution is -0.145. The van der Waals surface area contributed by atoms with Gasteiger partial charge in [0.25, 0.3) is 0 Å². The van der Waals surface area contributed by atoms with Crippen LogP contribution in [-0.4, -0.2) is 33.5 Å². The molecule has 0 spiro atoms. The summed E-state index contributed by atoms with van der Waals surface area (Å²) >= 11 is 0. The molecule has 1 saturated heterocycles. The summed E-state index contributed by atoms with van der Waals surface area (Å²) in [6.45, 7) is 5.75. The summed E-state index contributed by atoms with van der Waals surface area (Å²) < 4.78 is 5.87. The Balaban J connectivity index is 1.69. The number of piperidine rings is 1. The van der Waals surface area contributed by atoms with E-state index in [1.54, 1.807) is 12.4 Å². The highest BCUT2D eigenvalue weighted by molar-refractivity contribution is 5.71. The number of rotatable bonds is 5. The lowest BCUT2D eigenvalue weighted by Crippen LogP contribution is -2.45. The zero-order valence-electron chi connectivity index (χ0n) is 14.7. The highest BCUT2D eigenvalue weighted by atomic mass is 16.5. The van der Waals surface area contributed by atoms with E-state index in [0.717, 1.165) is 37.2 Å². The van der Waals surface area contributed by atoms with Crippen LogP contribution in [0.5, 0.6) is 11.5 Å². The molecule has 2 aromatic rings. The van der Waals surface area contributed by atoms with Crippen LogP contribution in [0.3, 0.4) is 0 Å². The van der Waals surface area contributed by atoms with Crippen LogP contribution < -0.4 is 4.74 Å². The van der Waals surface area contributed by atoms with E-state index in [-0.39, 0.29) is 12.0 Å². The standard InChI is InChI=1S/C20H24N2O3/c1-14-11-16(7-8-19(14)25-17-5-3-9-21-12-17)13-22-10-4-6-18(15(22)2)20(23)24/h3,5,7-9,11-12,15,18H,4,6,10,13H2,1-2H3,(H,23,24)/t15-,18-/m1/s1. The van der Waals surface area contributed by atoms with E-state index in [1.807, 2.05) is 32.0 Å². The molecule has 1 fully saturated rings. The van der Waals surface area contributed by atoms with Crippen LogP contribution in [0.4, 0.5) is 0 Å². The lowest BCUT2D eigenvalue weighted by Gasteiger charge is -2.37. The number of carboxylic acids is 1. The van der Waals surface area contributed by atoms with Crippen molar-refractivity contribution >= 4 is 5.97 Å². The second-order valence-electron chi connectivity index (χ2n) is 6.69. The maximum atomic E-state index is 11.4. The number of benzene rings is 1. The van der Waals surface area contributed by atoms with Gasteiger partial charge in [-0.05, 0) is 62.6 Å².